The van der Waals surface area contributed by atoms with Crippen LogP contribution in [-0.2, 0) is 11.2 Å². The molecule has 0 bridgehead atoms. The normalized spacial score (nSPS) is 20.2. The zero-order valence-corrected chi connectivity index (χ0v) is 24.6. The predicted octanol–water partition coefficient (Wildman–Crippen LogP) is 4.59. The molecule has 0 spiro atoms. The van der Waals surface area contributed by atoms with E-state index in [1.54, 1.807) is 37.1 Å². The Hall–Kier alpha value is -3.86. The van der Waals surface area contributed by atoms with E-state index in [0.717, 1.165) is 25.7 Å². The fraction of sp³-hybridized carbons (Fsp3) is 0.516. The second-order valence-electron chi connectivity index (χ2n) is 11.5. The summed E-state index contributed by atoms with van der Waals surface area (Å²) in [6.45, 7) is 4.06. The lowest BCUT2D eigenvalue weighted by molar-refractivity contribution is -0.134. The van der Waals surface area contributed by atoms with E-state index in [-0.39, 0.29) is 43.5 Å². The van der Waals surface area contributed by atoms with Gasteiger partial charge >= 0.3 is 12.1 Å². The molecule has 1 heterocycles. The van der Waals surface area contributed by atoms with Gasteiger partial charge in [-0.15, -0.1) is 0 Å². The predicted molar refractivity (Wildman–Crippen MR) is 159 cm³/mol. The van der Waals surface area contributed by atoms with Gasteiger partial charge < -0.3 is 35.6 Å². The van der Waals surface area contributed by atoms with Crippen molar-refractivity contribution in [2.24, 2.45) is 5.92 Å². The minimum Gasteiger partial charge on any atom is -0.488 e. The van der Waals surface area contributed by atoms with Crippen molar-refractivity contribution < 1.29 is 28.6 Å². The van der Waals surface area contributed by atoms with Crippen molar-refractivity contribution in [1.29, 1.82) is 0 Å². The largest absolute Gasteiger partial charge is 0.488 e. The summed E-state index contributed by atoms with van der Waals surface area (Å²) in [7, 11) is 1.64. The highest BCUT2D eigenvalue weighted by atomic mass is 19.1. The van der Waals surface area contributed by atoms with E-state index < -0.39 is 24.0 Å². The zero-order chi connectivity index (χ0) is 30.2. The number of aliphatic hydroxyl groups is 1. The fourth-order valence-corrected chi connectivity index (χ4v) is 5.43. The second kappa shape index (κ2) is 14.4. The van der Waals surface area contributed by atoms with Crippen LogP contribution in [0.25, 0.3) is 0 Å². The molecule has 0 unspecified atom stereocenters. The van der Waals surface area contributed by atoms with E-state index in [1.165, 1.54) is 35.6 Å². The number of ether oxygens (including phenoxy) is 1. The van der Waals surface area contributed by atoms with Gasteiger partial charge in [-0.1, -0.05) is 26.2 Å². The molecule has 1 aliphatic carbocycles. The Morgan fingerprint density at radius 1 is 1.10 bits per heavy atom. The summed E-state index contributed by atoms with van der Waals surface area (Å²) in [6, 6.07) is 9.80. The standard InChI is InChI=1S/C31H42FN5O5/c1-20-17-37(21(2)19-38)29(39)16-22-15-26(34-30(40)33-24-7-5-4-6-8-24)13-14-27(22)42-28(20)18-36(3)31(41)35-25-11-9-23(32)10-12-25/h9-15,20-21,24,28,38H,4-8,16-19H2,1-3H3,(H,35,41)(H2,33,34,40)/t20-,21-,28-/m0/s1. The summed E-state index contributed by atoms with van der Waals surface area (Å²) in [6.07, 6.45) is 4.87. The lowest BCUT2D eigenvalue weighted by atomic mass is 9.96. The van der Waals surface area contributed by atoms with Gasteiger partial charge in [-0.3, -0.25) is 4.79 Å². The van der Waals surface area contributed by atoms with Crippen molar-refractivity contribution in [3.8, 4) is 5.75 Å². The first-order valence-electron chi connectivity index (χ1n) is 14.7. The monoisotopic (exact) mass is 583 g/mol. The Bertz CT molecular complexity index is 1240. The van der Waals surface area contributed by atoms with E-state index in [1.807, 2.05) is 6.92 Å². The first-order valence-corrected chi connectivity index (χ1v) is 14.7. The van der Waals surface area contributed by atoms with Gasteiger partial charge in [0.05, 0.1) is 25.6 Å². The first-order chi connectivity index (χ1) is 20.1. The Morgan fingerprint density at radius 3 is 2.48 bits per heavy atom. The SMILES string of the molecule is C[C@H]1CN([C@@H](C)CO)C(=O)Cc2cc(NC(=O)NC3CCCCC3)ccc2O[C@H]1CN(C)C(=O)Nc1ccc(F)cc1. The summed E-state index contributed by atoms with van der Waals surface area (Å²) < 4.78 is 19.7. The number of hydrogen-bond donors (Lipinski definition) is 4. The molecular formula is C31H42FN5O5. The molecule has 0 radical (unpaired) electrons. The molecule has 10 nitrogen and oxygen atoms in total. The van der Waals surface area contributed by atoms with E-state index in [9.17, 15) is 23.9 Å². The number of hydrogen-bond acceptors (Lipinski definition) is 5. The van der Waals surface area contributed by atoms with Crippen molar-refractivity contribution in [3.05, 3.63) is 53.8 Å². The molecule has 42 heavy (non-hydrogen) atoms. The number of carbonyl (C=O) groups is 3. The molecule has 2 aromatic rings. The molecule has 5 amide bonds. The number of likely N-dealkylation sites (N-methyl/N-ethyl adjacent to an activating group) is 1. The molecule has 1 fully saturated rings. The average Bonchev–Trinajstić information content (AvgIpc) is 3.01. The third-order valence-electron chi connectivity index (χ3n) is 8.01. The fourth-order valence-electron chi connectivity index (χ4n) is 5.43. The number of benzene rings is 2. The maximum Gasteiger partial charge on any atom is 0.321 e. The molecule has 1 aliphatic heterocycles. The average molecular weight is 584 g/mol. The highest BCUT2D eigenvalue weighted by Crippen LogP contribution is 2.29. The van der Waals surface area contributed by atoms with Crippen molar-refractivity contribution in [1.82, 2.24) is 15.1 Å². The quantitative estimate of drug-likeness (QED) is 0.380. The second-order valence-corrected chi connectivity index (χ2v) is 11.5. The van der Waals surface area contributed by atoms with E-state index in [4.69, 9.17) is 4.74 Å². The Labute approximate surface area is 246 Å². The minimum atomic E-state index is -0.500. The van der Waals surface area contributed by atoms with Crippen molar-refractivity contribution in [3.63, 3.8) is 0 Å². The zero-order valence-electron chi connectivity index (χ0n) is 24.6. The molecule has 228 valence electrons. The molecule has 0 saturated heterocycles. The Balaban J connectivity index is 1.53. The maximum absolute atomic E-state index is 13.4. The molecule has 11 heteroatoms. The third-order valence-corrected chi connectivity index (χ3v) is 8.01. The van der Waals surface area contributed by atoms with Crippen LogP contribution in [0.5, 0.6) is 5.75 Å². The van der Waals surface area contributed by atoms with Gasteiger partial charge in [0.15, 0.2) is 0 Å². The van der Waals surface area contributed by atoms with Gasteiger partial charge in [0.1, 0.15) is 17.7 Å². The highest BCUT2D eigenvalue weighted by molar-refractivity contribution is 5.90. The summed E-state index contributed by atoms with van der Waals surface area (Å²) >= 11 is 0. The Kier molecular flexibility index (Phi) is 10.6. The summed E-state index contributed by atoms with van der Waals surface area (Å²) in [5.74, 6) is -0.273. The van der Waals surface area contributed by atoms with Crippen LogP contribution < -0.4 is 20.7 Å². The lowest BCUT2D eigenvalue weighted by Gasteiger charge is -2.34. The first kappa shape index (κ1) is 31.1. The van der Waals surface area contributed by atoms with Gasteiger partial charge in [0.25, 0.3) is 0 Å². The molecule has 2 aliphatic rings. The van der Waals surface area contributed by atoms with Crippen molar-refractivity contribution >= 4 is 29.3 Å². The minimum absolute atomic E-state index is 0.0275. The van der Waals surface area contributed by atoms with Gasteiger partial charge in [0, 0.05) is 42.5 Å². The molecule has 2 aromatic carbocycles. The van der Waals surface area contributed by atoms with Crippen LogP contribution in [0.4, 0.5) is 25.4 Å². The number of urea groups is 2. The van der Waals surface area contributed by atoms with Crippen molar-refractivity contribution in [2.75, 3.05) is 37.4 Å². The van der Waals surface area contributed by atoms with Gasteiger partial charge in [-0.25, -0.2) is 14.0 Å². The van der Waals surface area contributed by atoms with Crippen molar-refractivity contribution in [2.45, 2.75) is 70.6 Å². The van der Waals surface area contributed by atoms with Crippen LogP contribution in [0.3, 0.4) is 0 Å². The number of amides is 5. The number of aliphatic hydroxyl groups excluding tert-OH is 1. The molecule has 1 saturated carbocycles. The van der Waals surface area contributed by atoms with Crippen LogP contribution in [0.2, 0.25) is 0 Å². The van der Waals surface area contributed by atoms with Crippen LogP contribution in [0.15, 0.2) is 42.5 Å². The molecule has 4 N–H and O–H groups in total. The smallest absolute Gasteiger partial charge is 0.321 e. The van der Waals surface area contributed by atoms with Crippen LogP contribution in [-0.4, -0.2) is 77.8 Å². The lowest BCUT2D eigenvalue weighted by Crippen LogP contribution is -2.48. The molecule has 3 atom stereocenters. The van der Waals surface area contributed by atoms with Gasteiger partial charge in [0.2, 0.25) is 5.91 Å². The third kappa shape index (κ3) is 8.34. The number of anilines is 2. The van der Waals surface area contributed by atoms with Crippen LogP contribution in [0, 0.1) is 11.7 Å². The van der Waals surface area contributed by atoms with Crippen LogP contribution >= 0.6 is 0 Å². The number of halogens is 1. The highest BCUT2D eigenvalue weighted by Gasteiger charge is 2.32. The number of nitrogens with zero attached hydrogens (tertiary/aromatic N) is 2. The summed E-state index contributed by atoms with van der Waals surface area (Å²) in [5.41, 5.74) is 1.60. The number of rotatable bonds is 7. The number of fused-ring (bicyclic) bond motifs is 1. The van der Waals surface area contributed by atoms with Crippen LogP contribution in [0.1, 0.15) is 51.5 Å². The molecular weight excluding hydrogens is 541 g/mol. The summed E-state index contributed by atoms with van der Waals surface area (Å²) in [4.78, 5) is 42.2. The maximum atomic E-state index is 13.4. The number of nitrogens with one attached hydrogen (secondary N) is 3. The summed E-state index contributed by atoms with van der Waals surface area (Å²) in [5, 5.41) is 18.6. The molecule has 4 rings (SSSR count). The van der Waals surface area contributed by atoms with E-state index in [0.29, 0.717) is 29.2 Å². The molecule has 0 aromatic heterocycles. The topological polar surface area (TPSA) is 123 Å². The Morgan fingerprint density at radius 2 is 1.79 bits per heavy atom. The van der Waals surface area contributed by atoms with Gasteiger partial charge in [-0.05, 0) is 62.2 Å². The van der Waals surface area contributed by atoms with E-state index >= 15 is 0 Å². The van der Waals surface area contributed by atoms with E-state index in [2.05, 4.69) is 16.0 Å². The van der Waals surface area contributed by atoms with Gasteiger partial charge in [-0.2, -0.15) is 0 Å². The number of carbonyl (C=O) groups excluding carboxylic acids is 3.